The van der Waals surface area contributed by atoms with E-state index in [4.69, 9.17) is 16.0 Å². The summed E-state index contributed by atoms with van der Waals surface area (Å²) >= 11 is 5.94. The molecule has 0 amide bonds. The van der Waals surface area contributed by atoms with E-state index >= 15 is 0 Å². The maximum absolute atomic E-state index is 11.8. The van der Waals surface area contributed by atoms with Gasteiger partial charge < -0.3 is 9.52 Å². The predicted molar refractivity (Wildman–Crippen MR) is 113 cm³/mol. The van der Waals surface area contributed by atoms with E-state index in [0.29, 0.717) is 6.54 Å². The van der Waals surface area contributed by atoms with Crippen LogP contribution in [-0.2, 0) is 13.1 Å². The van der Waals surface area contributed by atoms with E-state index in [0.717, 1.165) is 43.3 Å². The maximum atomic E-state index is 11.8. The van der Waals surface area contributed by atoms with Crippen LogP contribution in [0.4, 0.5) is 5.69 Å². The van der Waals surface area contributed by atoms with Gasteiger partial charge >= 0.3 is 11.3 Å². The number of piperazine rings is 1. The van der Waals surface area contributed by atoms with Gasteiger partial charge in [-0.3, -0.25) is 19.9 Å². The Kier molecular flexibility index (Phi) is 5.72. The van der Waals surface area contributed by atoms with Gasteiger partial charge in [0.05, 0.1) is 10.3 Å². The summed E-state index contributed by atoms with van der Waals surface area (Å²) < 4.78 is 5.06. The second-order valence-corrected chi connectivity index (χ2v) is 7.79. The molecule has 0 unspecified atom stereocenters. The van der Waals surface area contributed by atoms with Crippen LogP contribution in [-0.4, -0.2) is 46.0 Å². The van der Waals surface area contributed by atoms with Crippen LogP contribution in [0.25, 0.3) is 11.0 Å². The second-order valence-electron chi connectivity index (χ2n) is 7.35. The van der Waals surface area contributed by atoms with Crippen LogP contribution >= 0.6 is 11.6 Å². The van der Waals surface area contributed by atoms with Crippen molar-refractivity contribution in [2.45, 2.75) is 13.1 Å². The first-order valence-corrected chi connectivity index (χ1v) is 9.91. The van der Waals surface area contributed by atoms with Crippen molar-refractivity contribution >= 4 is 28.3 Å². The third-order valence-corrected chi connectivity index (χ3v) is 5.55. The second kappa shape index (κ2) is 8.43. The molecule has 1 aliphatic heterocycles. The average Bonchev–Trinajstić information content (AvgIpc) is 2.71. The molecule has 30 heavy (non-hydrogen) atoms. The monoisotopic (exact) mass is 429 g/mol. The molecule has 9 heteroatoms. The highest BCUT2D eigenvalue weighted by molar-refractivity contribution is 6.30. The summed E-state index contributed by atoms with van der Waals surface area (Å²) in [7, 11) is 0. The Hall–Kier alpha value is -2.94. The van der Waals surface area contributed by atoms with Crippen LogP contribution in [0.2, 0.25) is 5.02 Å². The summed E-state index contributed by atoms with van der Waals surface area (Å²) in [6, 6.07) is 12.9. The summed E-state index contributed by atoms with van der Waals surface area (Å²) in [5, 5.41) is 21.9. The van der Waals surface area contributed by atoms with Crippen LogP contribution in [0.5, 0.6) is 5.75 Å². The topological polar surface area (TPSA) is 100 Å². The van der Waals surface area contributed by atoms with Gasteiger partial charge in [-0.25, -0.2) is 4.79 Å². The predicted octanol–water partition coefficient (Wildman–Crippen LogP) is 3.38. The maximum Gasteiger partial charge on any atom is 0.419 e. The molecule has 1 fully saturated rings. The van der Waals surface area contributed by atoms with Gasteiger partial charge in [-0.15, -0.1) is 0 Å². The minimum absolute atomic E-state index is 0.141. The summed E-state index contributed by atoms with van der Waals surface area (Å²) in [4.78, 5) is 26.5. The Morgan fingerprint density at radius 3 is 2.17 bits per heavy atom. The minimum Gasteiger partial charge on any atom is -0.501 e. The molecule has 2 heterocycles. The molecule has 0 spiro atoms. The molecule has 3 aromatic rings. The van der Waals surface area contributed by atoms with Gasteiger partial charge in [0.1, 0.15) is 5.58 Å². The third kappa shape index (κ3) is 4.30. The van der Waals surface area contributed by atoms with Crippen LogP contribution in [0.3, 0.4) is 0 Å². The molecular formula is C21H20ClN3O5. The highest BCUT2D eigenvalue weighted by Gasteiger charge is 2.24. The molecule has 4 rings (SSSR count). The largest absolute Gasteiger partial charge is 0.501 e. The van der Waals surface area contributed by atoms with E-state index in [-0.39, 0.29) is 11.0 Å². The zero-order valence-electron chi connectivity index (χ0n) is 16.1. The number of hydrogen-bond acceptors (Lipinski definition) is 7. The summed E-state index contributed by atoms with van der Waals surface area (Å²) in [6.07, 6.45) is 0. The van der Waals surface area contributed by atoms with Gasteiger partial charge in [-0.05, 0) is 35.4 Å². The number of aromatic hydroxyl groups is 1. The molecule has 1 saturated heterocycles. The summed E-state index contributed by atoms with van der Waals surface area (Å²) in [5.41, 5.74) is 0.184. The molecule has 1 N–H and O–H groups in total. The first kappa shape index (κ1) is 20.3. The van der Waals surface area contributed by atoms with E-state index in [1.807, 2.05) is 24.3 Å². The van der Waals surface area contributed by atoms with Gasteiger partial charge in [0.2, 0.25) is 5.75 Å². The normalized spacial score (nSPS) is 15.5. The molecule has 0 atom stereocenters. The van der Waals surface area contributed by atoms with Crippen molar-refractivity contribution in [2.75, 3.05) is 26.2 Å². The van der Waals surface area contributed by atoms with Crippen LogP contribution in [0.1, 0.15) is 11.1 Å². The van der Waals surface area contributed by atoms with Crippen molar-refractivity contribution < 1.29 is 14.4 Å². The Morgan fingerprint density at radius 1 is 1.00 bits per heavy atom. The van der Waals surface area contributed by atoms with Gasteiger partial charge in [-0.1, -0.05) is 29.8 Å². The minimum atomic E-state index is -1.15. The number of fused-ring (bicyclic) bond motifs is 1. The number of halogens is 1. The first-order valence-electron chi connectivity index (χ1n) is 9.53. The quantitative estimate of drug-likeness (QED) is 0.377. The fraction of sp³-hybridized carbons (Fsp3) is 0.286. The molecule has 156 valence electrons. The van der Waals surface area contributed by atoms with Crippen LogP contribution in [0, 0.1) is 10.1 Å². The van der Waals surface area contributed by atoms with E-state index in [2.05, 4.69) is 9.80 Å². The number of nitrogens with zero attached hydrogens (tertiary/aromatic N) is 3. The van der Waals surface area contributed by atoms with Gasteiger partial charge in [0, 0.05) is 44.3 Å². The van der Waals surface area contributed by atoms with E-state index in [1.165, 1.54) is 5.56 Å². The fourth-order valence-electron chi connectivity index (χ4n) is 3.69. The Morgan fingerprint density at radius 2 is 1.57 bits per heavy atom. The molecule has 1 aliphatic rings. The van der Waals surface area contributed by atoms with Crippen molar-refractivity contribution in [3.05, 3.63) is 79.1 Å². The van der Waals surface area contributed by atoms with E-state index < -0.39 is 22.0 Å². The highest BCUT2D eigenvalue weighted by Crippen LogP contribution is 2.31. The van der Waals surface area contributed by atoms with Gasteiger partial charge in [0.15, 0.2) is 0 Å². The number of rotatable bonds is 5. The lowest BCUT2D eigenvalue weighted by atomic mass is 10.1. The zero-order chi connectivity index (χ0) is 21.3. The number of benzene rings is 2. The molecule has 0 radical (unpaired) electrons. The fourth-order valence-corrected chi connectivity index (χ4v) is 3.82. The molecular weight excluding hydrogens is 410 g/mol. The third-order valence-electron chi connectivity index (χ3n) is 5.29. The van der Waals surface area contributed by atoms with Gasteiger partial charge in [0.25, 0.3) is 0 Å². The van der Waals surface area contributed by atoms with Crippen molar-refractivity contribution in [3.8, 4) is 5.75 Å². The zero-order valence-corrected chi connectivity index (χ0v) is 16.8. The van der Waals surface area contributed by atoms with E-state index in [9.17, 15) is 20.0 Å². The van der Waals surface area contributed by atoms with E-state index in [1.54, 1.807) is 18.2 Å². The smallest absolute Gasteiger partial charge is 0.419 e. The number of nitro groups is 1. The van der Waals surface area contributed by atoms with Crippen molar-refractivity contribution in [1.29, 1.82) is 0 Å². The highest BCUT2D eigenvalue weighted by atomic mass is 35.5. The first-order chi connectivity index (χ1) is 14.4. The van der Waals surface area contributed by atoms with Crippen molar-refractivity contribution in [3.63, 3.8) is 0 Å². The molecule has 0 saturated carbocycles. The van der Waals surface area contributed by atoms with Gasteiger partial charge in [-0.2, -0.15) is 0 Å². The Balaban J connectivity index is 1.41. The molecule has 0 bridgehead atoms. The molecule has 0 aliphatic carbocycles. The summed E-state index contributed by atoms with van der Waals surface area (Å²) in [6.45, 7) is 5.18. The molecule has 8 nitrogen and oxygen atoms in total. The number of hydrogen-bond donors (Lipinski definition) is 1. The van der Waals surface area contributed by atoms with Crippen molar-refractivity contribution in [1.82, 2.24) is 9.80 Å². The Labute approximate surface area is 177 Å². The van der Waals surface area contributed by atoms with Crippen LogP contribution in [0.15, 0.2) is 51.7 Å². The lowest BCUT2D eigenvalue weighted by Crippen LogP contribution is -2.45. The lowest BCUT2D eigenvalue weighted by Gasteiger charge is -2.34. The summed E-state index contributed by atoms with van der Waals surface area (Å²) in [5.74, 6) is -0.659. The average molecular weight is 430 g/mol. The Bertz CT molecular complexity index is 1140. The molecule has 2 aromatic carbocycles. The molecule has 1 aromatic heterocycles. The SMILES string of the molecule is O=c1oc2cc(CN3CCN(Cc4ccc(Cl)cc4)CC3)ccc2c(O)c1[N+](=O)[O-]. The van der Waals surface area contributed by atoms with Crippen LogP contribution < -0.4 is 5.63 Å². The standard InChI is InChI=1S/C21H20ClN3O5/c22-16-4-1-14(2-5-16)12-23-7-9-24(10-8-23)13-15-3-6-17-18(11-15)30-21(27)19(20(17)26)25(28)29/h1-6,11,26H,7-10,12-13H2. The lowest BCUT2D eigenvalue weighted by molar-refractivity contribution is -0.388. The van der Waals surface area contributed by atoms with Crippen molar-refractivity contribution in [2.24, 2.45) is 0 Å².